The zero-order chi connectivity index (χ0) is 28.9. The second kappa shape index (κ2) is 12.1. The molecule has 40 heavy (non-hydrogen) atoms. The number of sulfonamides is 1. The van der Waals surface area contributed by atoms with Crippen molar-refractivity contribution >= 4 is 21.7 Å². The first kappa shape index (κ1) is 29.0. The van der Waals surface area contributed by atoms with Gasteiger partial charge >= 0.3 is 6.18 Å². The second-order valence-corrected chi connectivity index (χ2v) is 11.2. The first-order valence-corrected chi connectivity index (χ1v) is 14.1. The molecule has 0 aliphatic rings. The molecule has 0 saturated heterocycles. The van der Waals surface area contributed by atoms with E-state index in [4.69, 9.17) is 0 Å². The van der Waals surface area contributed by atoms with Crippen LogP contribution < -0.4 is 5.32 Å². The molecule has 3 aromatic carbocycles. The molecule has 0 fully saturated rings. The minimum Gasteiger partial charge on any atom is -0.309 e. The number of amides is 1. The van der Waals surface area contributed by atoms with E-state index >= 15 is 0 Å². The van der Waals surface area contributed by atoms with Gasteiger partial charge in [0.2, 0.25) is 15.9 Å². The van der Waals surface area contributed by atoms with Gasteiger partial charge in [0.25, 0.3) is 0 Å². The van der Waals surface area contributed by atoms with Crippen LogP contribution in [0.5, 0.6) is 0 Å². The Morgan fingerprint density at radius 1 is 0.975 bits per heavy atom. The highest BCUT2D eigenvalue weighted by Crippen LogP contribution is 2.31. The molecule has 0 atom stereocenters. The molecule has 11 heteroatoms. The van der Waals surface area contributed by atoms with Crippen molar-refractivity contribution < 1.29 is 26.4 Å². The van der Waals surface area contributed by atoms with Crippen LogP contribution in [0.15, 0.2) is 89.8 Å². The third kappa shape index (κ3) is 6.78. The summed E-state index contributed by atoms with van der Waals surface area (Å²) in [5, 5.41) is 7.41. The predicted octanol–water partition coefficient (Wildman–Crippen LogP) is 6.30. The fraction of sp³-hybridized carbons (Fsp3) is 0.241. The topological polar surface area (TPSA) is 84.3 Å². The van der Waals surface area contributed by atoms with Crippen LogP contribution >= 0.6 is 0 Å². The van der Waals surface area contributed by atoms with Crippen molar-refractivity contribution in [3.8, 4) is 16.9 Å². The second-order valence-electron chi connectivity index (χ2n) is 9.29. The number of unbranched alkanes of at least 4 members (excludes halogenated alkanes) is 1. The van der Waals surface area contributed by atoms with Gasteiger partial charge in [0.15, 0.2) is 0 Å². The number of aryl methyl sites for hydroxylation is 1. The van der Waals surface area contributed by atoms with Crippen molar-refractivity contribution in [3.63, 3.8) is 0 Å². The molecular weight excluding hydrogens is 541 g/mol. The van der Waals surface area contributed by atoms with Gasteiger partial charge < -0.3 is 5.32 Å². The van der Waals surface area contributed by atoms with Crippen molar-refractivity contribution in [1.29, 1.82) is 0 Å². The molecule has 1 N–H and O–H groups in total. The lowest BCUT2D eigenvalue weighted by molar-refractivity contribution is -0.137. The lowest BCUT2D eigenvalue weighted by Crippen LogP contribution is -2.39. The number of aromatic nitrogens is 2. The van der Waals surface area contributed by atoms with Gasteiger partial charge in [-0.2, -0.15) is 22.6 Å². The van der Waals surface area contributed by atoms with Crippen molar-refractivity contribution in [2.24, 2.45) is 0 Å². The van der Waals surface area contributed by atoms with E-state index in [1.54, 1.807) is 10.7 Å². The van der Waals surface area contributed by atoms with E-state index < -0.39 is 39.1 Å². The van der Waals surface area contributed by atoms with Crippen LogP contribution in [0.2, 0.25) is 0 Å². The monoisotopic (exact) mass is 570 g/mol. The molecule has 1 heterocycles. The van der Waals surface area contributed by atoms with E-state index in [1.807, 2.05) is 68.4 Å². The van der Waals surface area contributed by atoms with Crippen LogP contribution in [0.4, 0.5) is 19.0 Å². The number of anilines is 1. The molecule has 1 amide bonds. The van der Waals surface area contributed by atoms with Crippen molar-refractivity contribution in [1.82, 2.24) is 14.1 Å². The standard InChI is InChI=1S/C29H29F3N4O3S/c1-3-4-17-35(40(38,39)25-12-8-11-23(18-25)29(30,31)32)20-28(37)33-27-19-26(22-9-6-5-7-10-22)34-36(27)24-15-13-21(2)14-16-24/h5-16,18-19H,3-4,17,20H2,1-2H3,(H,33,37). The van der Waals surface area contributed by atoms with E-state index in [2.05, 4.69) is 10.4 Å². The first-order chi connectivity index (χ1) is 19.0. The number of hydrogen-bond donors (Lipinski definition) is 1. The summed E-state index contributed by atoms with van der Waals surface area (Å²) < 4.78 is 69.0. The zero-order valence-electron chi connectivity index (χ0n) is 22.0. The van der Waals surface area contributed by atoms with Crippen LogP contribution in [0.3, 0.4) is 0 Å². The summed E-state index contributed by atoms with van der Waals surface area (Å²) in [6.07, 6.45) is -3.66. The number of nitrogens with zero attached hydrogens (tertiary/aromatic N) is 3. The Bertz CT molecular complexity index is 1570. The Morgan fingerprint density at radius 3 is 2.33 bits per heavy atom. The summed E-state index contributed by atoms with van der Waals surface area (Å²) in [6, 6.07) is 22.1. The minimum atomic E-state index is -4.71. The maximum atomic E-state index is 13.4. The van der Waals surface area contributed by atoms with Gasteiger partial charge in [0, 0.05) is 18.2 Å². The quantitative estimate of drug-likeness (QED) is 0.243. The normalized spacial score (nSPS) is 12.1. The predicted molar refractivity (Wildman–Crippen MR) is 147 cm³/mol. The molecule has 0 aliphatic heterocycles. The van der Waals surface area contributed by atoms with E-state index in [0.29, 0.717) is 36.1 Å². The smallest absolute Gasteiger partial charge is 0.309 e. The number of carbonyl (C=O) groups is 1. The van der Waals surface area contributed by atoms with Crippen LogP contribution in [-0.4, -0.2) is 41.5 Å². The van der Waals surface area contributed by atoms with E-state index in [1.165, 1.54) is 0 Å². The van der Waals surface area contributed by atoms with Gasteiger partial charge in [0.05, 0.1) is 28.4 Å². The Morgan fingerprint density at radius 2 is 1.68 bits per heavy atom. The Hall–Kier alpha value is -3.96. The summed E-state index contributed by atoms with van der Waals surface area (Å²) in [5.41, 5.74) is 2.05. The van der Waals surface area contributed by atoms with E-state index in [-0.39, 0.29) is 6.54 Å². The number of carbonyl (C=O) groups excluding carboxylic acids is 1. The molecule has 1 aromatic heterocycles. The average molecular weight is 571 g/mol. The molecule has 0 saturated carbocycles. The highest BCUT2D eigenvalue weighted by molar-refractivity contribution is 7.89. The molecule has 0 spiro atoms. The van der Waals surface area contributed by atoms with Gasteiger partial charge in [-0.05, 0) is 43.7 Å². The van der Waals surface area contributed by atoms with Crippen LogP contribution in [0, 0.1) is 6.92 Å². The largest absolute Gasteiger partial charge is 0.416 e. The molecule has 0 aliphatic carbocycles. The summed E-state index contributed by atoms with van der Waals surface area (Å²) in [7, 11) is -4.40. The van der Waals surface area contributed by atoms with Gasteiger partial charge in [0.1, 0.15) is 5.82 Å². The maximum absolute atomic E-state index is 13.4. The molecule has 4 aromatic rings. The molecule has 7 nitrogen and oxygen atoms in total. The lowest BCUT2D eigenvalue weighted by atomic mass is 10.1. The first-order valence-electron chi connectivity index (χ1n) is 12.7. The third-order valence-electron chi connectivity index (χ3n) is 6.21. The fourth-order valence-electron chi connectivity index (χ4n) is 4.05. The number of halogens is 3. The van der Waals surface area contributed by atoms with Crippen LogP contribution in [-0.2, 0) is 21.0 Å². The van der Waals surface area contributed by atoms with Crippen LogP contribution in [0.25, 0.3) is 16.9 Å². The SMILES string of the molecule is CCCCN(CC(=O)Nc1cc(-c2ccccc2)nn1-c1ccc(C)cc1)S(=O)(=O)c1cccc(C(F)(F)F)c1. The molecule has 0 unspecified atom stereocenters. The zero-order valence-corrected chi connectivity index (χ0v) is 22.8. The number of hydrogen-bond acceptors (Lipinski definition) is 4. The molecular formula is C29H29F3N4O3S. The van der Waals surface area contributed by atoms with E-state index in [9.17, 15) is 26.4 Å². The minimum absolute atomic E-state index is 0.0327. The Kier molecular flexibility index (Phi) is 8.75. The average Bonchev–Trinajstić information content (AvgIpc) is 3.35. The number of rotatable bonds is 10. The molecule has 0 radical (unpaired) electrons. The van der Waals surface area contributed by atoms with Gasteiger partial charge in [-0.25, -0.2) is 13.1 Å². The highest BCUT2D eigenvalue weighted by Gasteiger charge is 2.33. The molecule has 4 rings (SSSR count). The number of alkyl halides is 3. The summed E-state index contributed by atoms with van der Waals surface area (Å²) in [5.74, 6) is -0.334. The Balaban J connectivity index is 1.64. The molecule has 210 valence electrons. The summed E-state index contributed by atoms with van der Waals surface area (Å²) >= 11 is 0. The van der Waals surface area contributed by atoms with Crippen molar-refractivity contribution in [2.45, 2.75) is 37.8 Å². The van der Waals surface area contributed by atoms with Gasteiger partial charge in [-0.3, -0.25) is 4.79 Å². The third-order valence-corrected chi connectivity index (χ3v) is 8.05. The summed E-state index contributed by atoms with van der Waals surface area (Å²) in [4.78, 5) is 12.7. The van der Waals surface area contributed by atoms with Crippen molar-refractivity contribution in [2.75, 3.05) is 18.4 Å². The highest BCUT2D eigenvalue weighted by atomic mass is 32.2. The maximum Gasteiger partial charge on any atom is 0.416 e. The lowest BCUT2D eigenvalue weighted by Gasteiger charge is -2.22. The van der Waals surface area contributed by atoms with Gasteiger partial charge in [-0.15, -0.1) is 0 Å². The summed E-state index contributed by atoms with van der Waals surface area (Å²) in [6.45, 7) is 3.17. The number of benzene rings is 3. The number of nitrogens with one attached hydrogen (secondary N) is 1. The fourth-order valence-corrected chi connectivity index (χ4v) is 5.53. The van der Waals surface area contributed by atoms with Crippen LogP contribution in [0.1, 0.15) is 30.9 Å². The molecule has 0 bridgehead atoms. The van der Waals surface area contributed by atoms with Gasteiger partial charge in [-0.1, -0.05) is 67.4 Å². The van der Waals surface area contributed by atoms with E-state index in [0.717, 1.165) is 33.6 Å². The van der Waals surface area contributed by atoms with Crippen molar-refractivity contribution in [3.05, 3.63) is 96.1 Å². The Labute approximate surface area is 231 Å².